The van der Waals surface area contributed by atoms with Gasteiger partial charge >= 0.3 is 202 Å². The van der Waals surface area contributed by atoms with E-state index in [-0.39, 0.29) is 5.92 Å². The summed E-state index contributed by atoms with van der Waals surface area (Å²) in [5, 5.41) is 0. The van der Waals surface area contributed by atoms with Crippen LogP contribution >= 0.6 is 17.2 Å². The summed E-state index contributed by atoms with van der Waals surface area (Å²) in [6.07, 6.45) is 6.72. The minimum absolute atomic E-state index is 0.223. The molecule has 2 aromatic rings. The second-order valence-electron chi connectivity index (χ2n) is 8.81. The third kappa shape index (κ3) is 3.27. The molecule has 0 radical (unpaired) electrons. The molecular formula is C28H25Cl2Hf. The molecule has 3 heteroatoms. The molecule has 0 heterocycles. The van der Waals surface area contributed by atoms with Crippen LogP contribution in [0.1, 0.15) is 44.7 Å². The zero-order chi connectivity index (χ0) is 21.9. The molecule has 0 spiro atoms. The molecule has 0 amide bonds. The molecule has 1 atom stereocenters. The quantitative estimate of drug-likeness (QED) is 0.298. The van der Waals surface area contributed by atoms with E-state index < -0.39 is 19.1 Å². The van der Waals surface area contributed by atoms with E-state index in [9.17, 15) is 0 Å². The van der Waals surface area contributed by atoms with Crippen molar-refractivity contribution in [2.24, 2.45) is 5.92 Å². The van der Waals surface area contributed by atoms with Crippen molar-refractivity contribution in [3.63, 3.8) is 0 Å². The van der Waals surface area contributed by atoms with E-state index in [4.69, 9.17) is 17.2 Å². The zero-order valence-electron chi connectivity index (χ0n) is 18.3. The molecule has 155 valence electrons. The first-order chi connectivity index (χ1) is 14.9. The summed E-state index contributed by atoms with van der Waals surface area (Å²) < 4.78 is 1.27. The number of allylic oxidation sites excluding steroid dienone is 10. The van der Waals surface area contributed by atoms with Gasteiger partial charge in [0.1, 0.15) is 0 Å². The Kier molecular flexibility index (Phi) is 5.65. The summed E-state index contributed by atoms with van der Waals surface area (Å²) in [5.74, 6) is 0.525. The average molecular weight is 611 g/mol. The van der Waals surface area contributed by atoms with Gasteiger partial charge in [-0.15, -0.1) is 0 Å². The zero-order valence-corrected chi connectivity index (χ0v) is 23.4. The van der Waals surface area contributed by atoms with Gasteiger partial charge in [-0.1, -0.05) is 0 Å². The van der Waals surface area contributed by atoms with Gasteiger partial charge in [0.2, 0.25) is 0 Å². The standard InChI is InChI=1S/C28H25.2ClH.Hf/c1-17(2)21-15-9-10-20-16-18(3)26(27(20)19(21)4)28-24-13-7-5-11-22(24)23-12-6-8-14-25(23)28;;;/h5-15,19,28H,1-4H3;2*1H;/q;;;+2/p-2. The van der Waals surface area contributed by atoms with Crippen molar-refractivity contribution in [2.45, 2.75) is 33.6 Å². The number of rotatable bonds is 2. The summed E-state index contributed by atoms with van der Waals surface area (Å²) >= 11 is -2.86. The molecule has 0 fully saturated rings. The maximum atomic E-state index is 6.79. The van der Waals surface area contributed by atoms with Crippen LogP contribution in [0.4, 0.5) is 0 Å². The van der Waals surface area contributed by atoms with Crippen LogP contribution in [0, 0.1) is 5.92 Å². The van der Waals surface area contributed by atoms with E-state index in [1.54, 1.807) is 0 Å². The third-order valence-electron chi connectivity index (χ3n) is 6.96. The summed E-state index contributed by atoms with van der Waals surface area (Å²) in [4.78, 5) is 0. The van der Waals surface area contributed by atoms with Gasteiger partial charge in [0.15, 0.2) is 0 Å². The predicted octanol–water partition coefficient (Wildman–Crippen LogP) is 8.78. The van der Waals surface area contributed by atoms with Gasteiger partial charge in [0.05, 0.1) is 0 Å². The van der Waals surface area contributed by atoms with Crippen molar-refractivity contribution >= 4 is 17.2 Å². The first-order valence-corrected chi connectivity index (χ1v) is 21.5. The van der Waals surface area contributed by atoms with Gasteiger partial charge in [-0.2, -0.15) is 0 Å². The minimum atomic E-state index is -2.86. The Morgan fingerprint density at radius 3 is 2.00 bits per heavy atom. The van der Waals surface area contributed by atoms with Gasteiger partial charge in [-0.3, -0.25) is 0 Å². The monoisotopic (exact) mass is 611 g/mol. The van der Waals surface area contributed by atoms with Crippen LogP contribution in [0.3, 0.4) is 0 Å². The van der Waals surface area contributed by atoms with Crippen molar-refractivity contribution in [2.75, 3.05) is 0 Å². The molecule has 3 aliphatic rings. The molecule has 0 bridgehead atoms. The van der Waals surface area contributed by atoms with Crippen LogP contribution in [0.15, 0.2) is 104 Å². The van der Waals surface area contributed by atoms with Crippen LogP contribution in [0.2, 0.25) is 0 Å². The van der Waals surface area contributed by atoms with E-state index in [2.05, 4.69) is 94.5 Å². The Hall–Kier alpha value is -1.41. The van der Waals surface area contributed by atoms with Gasteiger partial charge in [-0.05, 0) is 0 Å². The fourth-order valence-corrected chi connectivity index (χ4v) is 12.7. The van der Waals surface area contributed by atoms with E-state index >= 15 is 0 Å². The first-order valence-electron chi connectivity index (χ1n) is 10.8. The van der Waals surface area contributed by atoms with Crippen LogP contribution < -0.4 is 0 Å². The Labute approximate surface area is 200 Å². The Morgan fingerprint density at radius 2 is 1.45 bits per heavy atom. The topological polar surface area (TPSA) is 0 Å². The van der Waals surface area contributed by atoms with E-state index in [0.29, 0.717) is 5.92 Å². The normalized spacial score (nSPS) is 19.9. The molecule has 1 unspecified atom stereocenters. The molecule has 2 aromatic carbocycles. The fourth-order valence-electron chi connectivity index (χ4n) is 5.69. The average Bonchev–Trinajstić information content (AvgIpc) is 3.15. The van der Waals surface area contributed by atoms with Gasteiger partial charge in [0.25, 0.3) is 0 Å². The Morgan fingerprint density at radius 1 is 0.871 bits per heavy atom. The van der Waals surface area contributed by atoms with E-state index in [1.165, 1.54) is 59.0 Å². The van der Waals surface area contributed by atoms with Gasteiger partial charge in [0, 0.05) is 0 Å². The van der Waals surface area contributed by atoms with Crippen molar-refractivity contribution in [3.8, 4) is 11.1 Å². The molecule has 0 aliphatic heterocycles. The second kappa shape index (κ2) is 8.18. The fraction of sp³-hybridized carbons (Fsp3) is 0.214. The van der Waals surface area contributed by atoms with Crippen molar-refractivity contribution in [3.05, 3.63) is 115 Å². The van der Waals surface area contributed by atoms with Crippen LogP contribution in [-0.2, 0) is 19.1 Å². The van der Waals surface area contributed by atoms with Crippen molar-refractivity contribution in [1.29, 1.82) is 0 Å². The maximum absolute atomic E-state index is 6.79. The van der Waals surface area contributed by atoms with E-state index in [1.807, 2.05) is 0 Å². The van der Waals surface area contributed by atoms with Gasteiger partial charge in [-0.25, -0.2) is 0 Å². The summed E-state index contributed by atoms with van der Waals surface area (Å²) in [5.41, 5.74) is 13.7. The summed E-state index contributed by atoms with van der Waals surface area (Å²) in [6, 6.07) is 17.7. The Balaban J connectivity index is 1.85. The van der Waals surface area contributed by atoms with Gasteiger partial charge < -0.3 is 0 Å². The molecular weight excluding hydrogens is 586 g/mol. The molecule has 0 saturated heterocycles. The van der Waals surface area contributed by atoms with Crippen molar-refractivity contribution < 1.29 is 19.1 Å². The summed E-state index contributed by atoms with van der Waals surface area (Å²) in [7, 11) is 13.6. The van der Waals surface area contributed by atoms with Crippen LogP contribution in [0.5, 0.6) is 0 Å². The predicted molar refractivity (Wildman–Crippen MR) is 130 cm³/mol. The molecule has 0 saturated carbocycles. The number of fused-ring (bicyclic) bond motifs is 4. The van der Waals surface area contributed by atoms with Crippen LogP contribution in [-0.4, -0.2) is 0 Å². The number of halogens is 2. The second-order valence-corrected chi connectivity index (χ2v) is 20.3. The van der Waals surface area contributed by atoms with Crippen molar-refractivity contribution in [1.82, 2.24) is 0 Å². The molecule has 5 rings (SSSR count). The third-order valence-corrected chi connectivity index (χ3v) is 13.7. The number of hydrogen-bond acceptors (Lipinski definition) is 0. The number of benzene rings is 2. The number of hydrogen-bond donors (Lipinski definition) is 0. The SMILES string of the molecule is CC(C)=C1C=CC=C2C(=C(C3c4ccccc4-c4ccccc43)C(C)=[C]2[Hf]([Cl])[Cl])C1C. The van der Waals surface area contributed by atoms with Crippen LogP contribution in [0.25, 0.3) is 11.1 Å². The molecule has 3 aliphatic carbocycles. The van der Waals surface area contributed by atoms with E-state index in [0.717, 1.165) is 0 Å². The molecule has 0 nitrogen and oxygen atoms in total. The Bertz CT molecular complexity index is 1200. The first kappa shape index (κ1) is 21.4. The molecule has 31 heavy (non-hydrogen) atoms. The molecule has 0 aromatic heterocycles. The molecule has 0 N–H and O–H groups in total. The summed E-state index contributed by atoms with van der Waals surface area (Å²) in [6.45, 7) is 9.02.